The summed E-state index contributed by atoms with van der Waals surface area (Å²) in [4.78, 5) is 12.8. The number of hydrogen-bond donors (Lipinski definition) is 2. The summed E-state index contributed by atoms with van der Waals surface area (Å²) in [5.74, 6) is 0.456. The van der Waals surface area contributed by atoms with Crippen molar-refractivity contribution in [3.8, 4) is 0 Å². The number of aliphatic hydroxyl groups excluding tert-OH is 1. The van der Waals surface area contributed by atoms with Crippen LogP contribution in [0.4, 0.5) is 5.95 Å². The molecular formula is C10H13N5OS. The van der Waals surface area contributed by atoms with Gasteiger partial charge in [-0.15, -0.1) is 0 Å². The molecule has 17 heavy (non-hydrogen) atoms. The summed E-state index contributed by atoms with van der Waals surface area (Å²) in [5, 5.41) is 13.2. The van der Waals surface area contributed by atoms with Crippen LogP contribution in [0.15, 0.2) is 6.33 Å². The zero-order chi connectivity index (χ0) is 12.3. The molecule has 0 saturated carbocycles. The van der Waals surface area contributed by atoms with Gasteiger partial charge in [0.25, 0.3) is 0 Å². The van der Waals surface area contributed by atoms with Crippen molar-refractivity contribution in [1.82, 2.24) is 19.5 Å². The molecule has 2 aromatic heterocycles. The molecule has 2 aromatic rings. The summed E-state index contributed by atoms with van der Waals surface area (Å²) in [7, 11) is 0. The zero-order valence-corrected chi connectivity index (χ0v) is 10.2. The Labute approximate surface area is 104 Å². The van der Waals surface area contributed by atoms with E-state index in [2.05, 4.69) is 20.3 Å². The highest BCUT2D eigenvalue weighted by atomic mass is 32.1. The monoisotopic (exact) mass is 251 g/mol. The van der Waals surface area contributed by atoms with Crippen molar-refractivity contribution in [1.29, 1.82) is 0 Å². The molecule has 2 rings (SSSR count). The predicted molar refractivity (Wildman–Crippen MR) is 69.3 cm³/mol. The SMILES string of the molecule is CCn1cnc2c(C=S)nc(NCCO)nc21. The summed E-state index contributed by atoms with van der Waals surface area (Å²) >= 11 is 4.92. The molecule has 0 amide bonds. The summed E-state index contributed by atoms with van der Waals surface area (Å²) in [6.45, 7) is 3.23. The normalized spacial score (nSPS) is 10.7. The van der Waals surface area contributed by atoms with Crippen LogP contribution in [0, 0.1) is 0 Å². The Morgan fingerprint density at radius 3 is 3.00 bits per heavy atom. The van der Waals surface area contributed by atoms with E-state index in [0.29, 0.717) is 23.7 Å². The minimum absolute atomic E-state index is 0.0291. The van der Waals surface area contributed by atoms with Crippen molar-refractivity contribution < 1.29 is 5.11 Å². The van der Waals surface area contributed by atoms with Crippen LogP contribution in [0.5, 0.6) is 0 Å². The van der Waals surface area contributed by atoms with E-state index in [9.17, 15) is 0 Å². The van der Waals surface area contributed by atoms with Crippen molar-refractivity contribution in [2.24, 2.45) is 0 Å². The number of fused-ring (bicyclic) bond motifs is 1. The maximum absolute atomic E-state index is 8.76. The summed E-state index contributed by atoms with van der Waals surface area (Å²) in [6.07, 6.45) is 1.72. The second kappa shape index (κ2) is 5.15. The molecule has 2 N–H and O–H groups in total. The van der Waals surface area contributed by atoms with E-state index in [1.165, 1.54) is 5.37 Å². The molecular weight excluding hydrogens is 238 g/mol. The number of aromatic nitrogens is 4. The van der Waals surface area contributed by atoms with E-state index >= 15 is 0 Å². The number of rotatable bonds is 5. The fraction of sp³-hybridized carbons (Fsp3) is 0.400. The molecule has 0 spiro atoms. The Hall–Kier alpha value is -1.60. The first-order valence-corrected chi connectivity index (χ1v) is 5.80. The maximum Gasteiger partial charge on any atom is 0.225 e. The van der Waals surface area contributed by atoms with E-state index in [4.69, 9.17) is 17.3 Å². The number of hydrogen-bond acceptors (Lipinski definition) is 6. The van der Waals surface area contributed by atoms with E-state index in [-0.39, 0.29) is 6.61 Å². The van der Waals surface area contributed by atoms with Crippen LogP contribution in [-0.4, -0.2) is 43.1 Å². The van der Waals surface area contributed by atoms with Gasteiger partial charge in [-0.3, -0.25) is 0 Å². The maximum atomic E-state index is 8.76. The predicted octanol–water partition coefficient (Wildman–Crippen LogP) is 0.598. The number of nitrogens with zero attached hydrogens (tertiary/aromatic N) is 4. The fourth-order valence-corrected chi connectivity index (χ4v) is 1.69. The van der Waals surface area contributed by atoms with Gasteiger partial charge < -0.3 is 15.0 Å². The Morgan fingerprint density at radius 1 is 1.53 bits per heavy atom. The standard InChI is InChI=1S/C10H13N5OS/c1-2-15-6-12-8-7(5-17)13-10(11-3-4-16)14-9(8)15/h5-6,16H,2-4H2,1H3,(H,11,13,14). The third-order valence-corrected chi connectivity index (χ3v) is 2.56. The number of anilines is 1. The van der Waals surface area contributed by atoms with Gasteiger partial charge in [-0.05, 0) is 6.92 Å². The first kappa shape index (κ1) is 11.9. The third-order valence-electron chi connectivity index (χ3n) is 2.34. The lowest BCUT2D eigenvalue weighted by Crippen LogP contribution is -2.10. The number of nitrogens with one attached hydrogen (secondary N) is 1. The van der Waals surface area contributed by atoms with Crippen LogP contribution < -0.4 is 5.32 Å². The van der Waals surface area contributed by atoms with Gasteiger partial charge in [0.15, 0.2) is 5.65 Å². The molecule has 0 unspecified atom stereocenters. The van der Waals surface area contributed by atoms with Crippen molar-refractivity contribution in [3.05, 3.63) is 12.0 Å². The Bertz CT molecular complexity index is 539. The van der Waals surface area contributed by atoms with Crippen LogP contribution in [-0.2, 0) is 6.54 Å². The molecule has 90 valence electrons. The molecule has 0 bridgehead atoms. The van der Waals surface area contributed by atoms with Gasteiger partial charge in [0.1, 0.15) is 11.2 Å². The fourth-order valence-electron chi connectivity index (χ4n) is 1.53. The third kappa shape index (κ3) is 2.25. The van der Waals surface area contributed by atoms with Gasteiger partial charge >= 0.3 is 0 Å². The average Bonchev–Trinajstić information content (AvgIpc) is 2.78. The van der Waals surface area contributed by atoms with E-state index in [1.54, 1.807) is 6.33 Å². The van der Waals surface area contributed by atoms with Crippen LogP contribution in [0.1, 0.15) is 12.6 Å². The molecule has 0 saturated heterocycles. The smallest absolute Gasteiger partial charge is 0.225 e. The quantitative estimate of drug-likeness (QED) is 0.758. The second-order valence-corrected chi connectivity index (χ2v) is 3.64. The number of aryl methyl sites for hydroxylation is 1. The lowest BCUT2D eigenvalue weighted by atomic mass is 10.4. The second-order valence-electron chi connectivity index (χ2n) is 3.40. The van der Waals surface area contributed by atoms with Gasteiger partial charge in [0.2, 0.25) is 5.95 Å². The molecule has 0 aromatic carbocycles. The first-order valence-electron chi connectivity index (χ1n) is 5.33. The molecule has 0 fully saturated rings. The van der Waals surface area contributed by atoms with Crippen molar-refractivity contribution in [2.45, 2.75) is 13.5 Å². The summed E-state index contributed by atoms with van der Waals surface area (Å²) < 4.78 is 1.92. The van der Waals surface area contributed by atoms with Crippen molar-refractivity contribution >= 4 is 34.7 Å². The average molecular weight is 251 g/mol. The Balaban J connectivity index is 2.52. The molecule has 7 heteroatoms. The minimum Gasteiger partial charge on any atom is -0.395 e. The highest BCUT2D eigenvalue weighted by Gasteiger charge is 2.10. The van der Waals surface area contributed by atoms with Crippen LogP contribution in [0.25, 0.3) is 11.2 Å². The van der Waals surface area contributed by atoms with Gasteiger partial charge in [-0.25, -0.2) is 9.97 Å². The molecule has 0 aliphatic heterocycles. The molecule has 0 aliphatic rings. The Kier molecular flexibility index (Phi) is 3.60. The molecule has 0 radical (unpaired) electrons. The molecule has 2 heterocycles. The van der Waals surface area contributed by atoms with E-state index in [1.807, 2.05) is 11.5 Å². The van der Waals surface area contributed by atoms with Gasteiger partial charge in [-0.1, -0.05) is 12.2 Å². The van der Waals surface area contributed by atoms with Crippen LogP contribution >= 0.6 is 12.2 Å². The highest BCUT2D eigenvalue weighted by molar-refractivity contribution is 7.79. The van der Waals surface area contributed by atoms with Crippen LogP contribution in [0.3, 0.4) is 0 Å². The lowest BCUT2D eigenvalue weighted by molar-refractivity contribution is 0.311. The van der Waals surface area contributed by atoms with Crippen molar-refractivity contribution in [3.63, 3.8) is 0 Å². The largest absolute Gasteiger partial charge is 0.395 e. The van der Waals surface area contributed by atoms with E-state index in [0.717, 1.165) is 12.2 Å². The molecule has 6 nitrogen and oxygen atoms in total. The van der Waals surface area contributed by atoms with Crippen LogP contribution in [0.2, 0.25) is 0 Å². The number of imidazole rings is 1. The van der Waals surface area contributed by atoms with E-state index < -0.39 is 0 Å². The highest BCUT2D eigenvalue weighted by Crippen LogP contribution is 2.15. The summed E-state index contributed by atoms with van der Waals surface area (Å²) in [6, 6.07) is 0. The lowest BCUT2D eigenvalue weighted by Gasteiger charge is -2.05. The van der Waals surface area contributed by atoms with Gasteiger partial charge in [0.05, 0.1) is 12.9 Å². The van der Waals surface area contributed by atoms with Gasteiger partial charge in [0, 0.05) is 18.5 Å². The Morgan fingerprint density at radius 2 is 2.35 bits per heavy atom. The summed E-state index contributed by atoms with van der Waals surface area (Å²) in [5.41, 5.74) is 2.08. The number of thiocarbonyl (C=S) groups is 1. The topological polar surface area (TPSA) is 75.9 Å². The molecule has 0 atom stereocenters. The van der Waals surface area contributed by atoms with Gasteiger partial charge in [-0.2, -0.15) is 4.98 Å². The zero-order valence-electron chi connectivity index (χ0n) is 9.42. The van der Waals surface area contributed by atoms with Crippen molar-refractivity contribution in [2.75, 3.05) is 18.5 Å². The first-order chi connectivity index (χ1) is 8.30. The number of aliphatic hydroxyl groups is 1. The molecule has 0 aliphatic carbocycles. The minimum atomic E-state index is 0.0291.